The summed E-state index contributed by atoms with van der Waals surface area (Å²) in [7, 11) is 0. The van der Waals surface area contributed by atoms with E-state index in [-0.39, 0.29) is 12.8 Å². The second kappa shape index (κ2) is 5.08. The van der Waals surface area contributed by atoms with Gasteiger partial charge in [-0.05, 0) is 25.3 Å². The topological polar surface area (TPSA) is 0 Å². The molecule has 0 atom stereocenters. The molecule has 0 aromatic heterocycles. The Morgan fingerprint density at radius 2 is 1.79 bits per heavy atom. The quantitative estimate of drug-likeness (QED) is 0.672. The van der Waals surface area contributed by atoms with Crippen molar-refractivity contribution in [1.29, 1.82) is 0 Å². The van der Waals surface area contributed by atoms with E-state index in [0.29, 0.717) is 6.42 Å². The number of rotatable bonds is 5. The van der Waals surface area contributed by atoms with Gasteiger partial charge in [-0.25, -0.2) is 8.78 Å². The van der Waals surface area contributed by atoms with E-state index in [0.717, 1.165) is 12.0 Å². The summed E-state index contributed by atoms with van der Waals surface area (Å²) in [5.41, 5.74) is 1.12. The van der Waals surface area contributed by atoms with Crippen molar-refractivity contribution in [2.45, 2.75) is 31.6 Å². The molecule has 0 aliphatic heterocycles. The summed E-state index contributed by atoms with van der Waals surface area (Å²) in [5.74, 6) is -2.59. The van der Waals surface area contributed by atoms with Crippen LogP contribution in [0, 0.1) is 6.92 Å². The van der Waals surface area contributed by atoms with Gasteiger partial charge in [-0.2, -0.15) is 0 Å². The Hall–Kier alpha value is -0.920. The average Bonchev–Trinajstić information content (AvgIpc) is 2.19. The first-order valence-corrected chi connectivity index (χ1v) is 4.85. The predicted octanol–water partition coefficient (Wildman–Crippen LogP) is 3.87. The molecular weight excluding hydrogens is 182 g/mol. The van der Waals surface area contributed by atoms with Gasteiger partial charge < -0.3 is 0 Å². The van der Waals surface area contributed by atoms with Crippen molar-refractivity contribution in [3.63, 3.8) is 0 Å². The van der Waals surface area contributed by atoms with Crippen LogP contribution in [0.2, 0.25) is 0 Å². The zero-order valence-electron chi connectivity index (χ0n) is 8.18. The summed E-state index contributed by atoms with van der Waals surface area (Å²) < 4.78 is 25.6. The molecule has 1 aromatic carbocycles. The molecule has 0 saturated heterocycles. The molecule has 0 heterocycles. The normalized spacial score (nSPS) is 11.6. The highest BCUT2D eigenvalue weighted by molar-refractivity contribution is 5.14. The fourth-order valence-electron chi connectivity index (χ4n) is 1.32. The maximum absolute atomic E-state index is 12.8. The molecule has 0 amide bonds. The molecular formula is C12H15F2. The molecule has 0 aliphatic carbocycles. The van der Waals surface area contributed by atoms with Crippen LogP contribution in [0.15, 0.2) is 30.3 Å². The fraction of sp³-hybridized carbons (Fsp3) is 0.417. The standard InChI is InChI=1S/C12H15F2/c1-2-12(13,14)10-6-9-11-7-4-3-5-8-11/h3-5,7-8H,1-2,6,9-10H2. The smallest absolute Gasteiger partial charge is 0.207 e. The molecule has 0 nitrogen and oxygen atoms in total. The Balaban J connectivity index is 2.29. The van der Waals surface area contributed by atoms with Gasteiger partial charge in [-0.3, -0.25) is 0 Å². The first-order valence-electron chi connectivity index (χ1n) is 4.85. The summed E-state index contributed by atoms with van der Waals surface area (Å²) in [6.07, 6.45) is 0.871. The molecule has 14 heavy (non-hydrogen) atoms. The van der Waals surface area contributed by atoms with Crippen LogP contribution in [-0.4, -0.2) is 5.92 Å². The van der Waals surface area contributed by atoms with Crippen LogP contribution in [0.25, 0.3) is 0 Å². The maximum Gasteiger partial charge on any atom is 0.248 e. The summed E-state index contributed by atoms with van der Waals surface area (Å²) >= 11 is 0. The highest BCUT2D eigenvalue weighted by Gasteiger charge is 2.24. The maximum atomic E-state index is 12.8. The Morgan fingerprint density at radius 3 is 2.36 bits per heavy atom. The van der Waals surface area contributed by atoms with Crippen LogP contribution in [0.5, 0.6) is 0 Å². The fourth-order valence-corrected chi connectivity index (χ4v) is 1.32. The van der Waals surface area contributed by atoms with E-state index in [1.54, 1.807) is 0 Å². The van der Waals surface area contributed by atoms with E-state index in [1.165, 1.54) is 0 Å². The molecule has 2 heteroatoms. The number of hydrogen-bond acceptors (Lipinski definition) is 0. The second-order valence-electron chi connectivity index (χ2n) is 3.45. The number of hydrogen-bond donors (Lipinski definition) is 0. The van der Waals surface area contributed by atoms with Gasteiger partial charge in [0.05, 0.1) is 0 Å². The molecule has 1 radical (unpaired) electrons. The molecule has 77 valence electrons. The van der Waals surface area contributed by atoms with Gasteiger partial charge >= 0.3 is 0 Å². The Labute approximate surface area is 84.0 Å². The molecule has 0 fully saturated rings. The van der Waals surface area contributed by atoms with Crippen LogP contribution >= 0.6 is 0 Å². The lowest BCUT2D eigenvalue weighted by Crippen LogP contribution is -2.14. The van der Waals surface area contributed by atoms with E-state index >= 15 is 0 Å². The molecule has 0 saturated carbocycles. The monoisotopic (exact) mass is 197 g/mol. The van der Waals surface area contributed by atoms with Gasteiger partial charge in [0.1, 0.15) is 0 Å². The van der Waals surface area contributed by atoms with Gasteiger partial charge in [0.15, 0.2) is 0 Å². The van der Waals surface area contributed by atoms with Crippen LogP contribution in [0.4, 0.5) is 8.78 Å². The predicted molar refractivity (Wildman–Crippen MR) is 54.3 cm³/mol. The zero-order valence-corrected chi connectivity index (χ0v) is 8.18. The highest BCUT2D eigenvalue weighted by atomic mass is 19.3. The van der Waals surface area contributed by atoms with Crippen molar-refractivity contribution in [2.24, 2.45) is 0 Å². The van der Waals surface area contributed by atoms with Gasteiger partial charge in [0, 0.05) is 12.8 Å². The number of benzene rings is 1. The van der Waals surface area contributed by atoms with Crippen molar-refractivity contribution in [1.82, 2.24) is 0 Å². The minimum Gasteiger partial charge on any atom is -0.207 e. The van der Waals surface area contributed by atoms with E-state index < -0.39 is 5.92 Å². The van der Waals surface area contributed by atoms with Crippen LogP contribution in [0.3, 0.4) is 0 Å². The minimum atomic E-state index is -2.59. The second-order valence-corrected chi connectivity index (χ2v) is 3.45. The van der Waals surface area contributed by atoms with Crippen molar-refractivity contribution in [3.05, 3.63) is 42.8 Å². The zero-order chi connectivity index (χ0) is 10.4. The van der Waals surface area contributed by atoms with Crippen molar-refractivity contribution in [3.8, 4) is 0 Å². The third-order valence-electron chi connectivity index (χ3n) is 2.22. The average molecular weight is 197 g/mol. The highest BCUT2D eigenvalue weighted by Crippen LogP contribution is 2.24. The summed E-state index contributed by atoms with van der Waals surface area (Å²) in [4.78, 5) is 0. The molecule has 1 rings (SSSR count). The molecule has 0 bridgehead atoms. The Kier molecular flexibility index (Phi) is 4.05. The lowest BCUT2D eigenvalue weighted by molar-refractivity contribution is -0.00683. The first-order chi connectivity index (χ1) is 6.64. The summed E-state index contributed by atoms with van der Waals surface area (Å²) in [6.45, 7) is 3.23. The molecule has 0 N–H and O–H groups in total. The SMILES string of the molecule is [CH2]CC(F)(F)CCCc1ccccc1. The molecule has 1 aromatic rings. The summed E-state index contributed by atoms with van der Waals surface area (Å²) in [6, 6.07) is 9.70. The van der Waals surface area contributed by atoms with Crippen LogP contribution in [0.1, 0.15) is 24.8 Å². The van der Waals surface area contributed by atoms with Crippen molar-refractivity contribution in [2.75, 3.05) is 0 Å². The number of alkyl halides is 2. The lowest BCUT2D eigenvalue weighted by Gasteiger charge is -2.12. The number of halogens is 2. The van der Waals surface area contributed by atoms with E-state index in [4.69, 9.17) is 0 Å². The Bertz CT molecular complexity index is 254. The molecule has 0 aliphatic rings. The third kappa shape index (κ3) is 3.86. The van der Waals surface area contributed by atoms with E-state index in [9.17, 15) is 8.78 Å². The molecule has 0 spiro atoms. The van der Waals surface area contributed by atoms with E-state index in [2.05, 4.69) is 6.92 Å². The van der Waals surface area contributed by atoms with Crippen LogP contribution in [-0.2, 0) is 6.42 Å². The van der Waals surface area contributed by atoms with Gasteiger partial charge in [-0.1, -0.05) is 30.3 Å². The van der Waals surface area contributed by atoms with Crippen molar-refractivity contribution < 1.29 is 8.78 Å². The van der Waals surface area contributed by atoms with Gasteiger partial charge in [-0.15, -0.1) is 0 Å². The van der Waals surface area contributed by atoms with E-state index in [1.807, 2.05) is 30.3 Å². The lowest BCUT2D eigenvalue weighted by atomic mass is 10.0. The Morgan fingerprint density at radius 1 is 1.14 bits per heavy atom. The van der Waals surface area contributed by atoms with Gasteiger partial charge in [0.2, 0.25) is 5.92 Å². The van der Waals surface area contributed by atoms with Crippen LogP contribution < -0.4 is 0 Å². The first kappa shape index (κ1) is 11.2. The minimum absolute atomic E-state index is 0.0641. The largest absolute Gasteiger partial charge is 0.248 e. The van der Waals surface area contributed by atoms with Gasteiger partial charge in [0.25, 0.3) is 0 Å². The van der Waals surface area contributed by atoms with Crippen molar-refractivity contribution >= 4 is 0 Å². The summed E-state index contributed by atoms with van der Waals surface area (Å²) in [5, 5.41) is 0. The number of aryl methyl sites for hydroxylation is 1. The third-order valence-corrected chi connectivity index (χ3v) is 2.22. The molecule has 0 unspecified atom stereocenters.